The second kappa shape index (κ2) is 6.19. The molecule has 2 N–H and O–H groups in total. The summed E-state index contributed by atoms with van der Waals surface area (Å²) in [4.78, 5) is 22.8. The van der Waals surface area contributed by atoms with Gasteiger partial charge < -0.3 is 10.4 Å². The minimum Gasteiger partial charge on any atom is -0.481 e. The van der Waals surface area contributed by atoms with Gasteiger partial charge in [0.25, 0.3) is 5.91 Å². The standard InChI is InChI=1S/C14H18BrNO3/c1-9-4-5-10(15)8-11(9)13(19)16-14(2,3)7-6-12(17)18/h4-5,8H,6-7H2,1-3H3,(H,16,19)(H,17,18). The second-order valence-corrected chi connectivity index (χ2v) is 6.11. The van der Waals surface area contributed by atoms with E-state index in [9.17, 15) is 9.59 Å². The minimum absolute atomic E-state index is 0.0325. The Morgan fingerprint density at radius 2 is 2.00 bits per heavy atom. The number of nitrogens with one attached hydrogen (secondary N) is 1. The highest BCUT2D eigenvalue weighted by Crippen LogP contribution is 2.18. The van der Waals surface area contributed by atoms with Crippen molar-refractivity contribution in [2.24, 2.45) is 0 Å². The van der Waals surface area contributed by atoms with E-state index in [1.807, 2.05) is 32.9 Å². The monoisotopic (exact) mass is 327 g/mol. The van der Waals surface area contributed by atoms with Crippen molar-refractivity contribution in [2.45, 2.75) is 39.2 Å². The molecule has 5 heteroatoms. The van der Waals surface area contributed by atoms with Crippen molar-refractivity contribution in [2.75, 3.05) is 0 Å². The molecule has 0 unspecified atom stereocenters. The van der Waals surface area contributed by atoms with Gasteiger partial charge in [0.15, 0.2) is 0 Å². The van der Waals surface area contributed by atoms with Gasteiger partial charge in [-0.05, 0) is 44.9 Å². The summed E-state index contributed by atoms with van der Waals surface area (Å²) in [6.45, 7) is 5.51. The molecule has 0 saturated carbocycles. The minimum atomic E-state index is -0.860. The molecular weight excluding hydrogens is 310 g/mol. The number of hydrogen-bond acceptors (Lipinski definition) is 2. The maximum Gasteiger partial charge on any atom is 0.303 e. The number of carboxylic acids is 1. The first-order valence-corrected chi connectivity index (χ1v) is 6.81. The summed E-state index contributed by atoms with van der Waals surface area (Å²) >= 11 is 3.34. The number of carbonyl (C=O) groups excluding carboxylic acids is 1. The number of aryl methyl sites for hydroxylation is 1. The number of rotatable bonds is 5. The highest BCUT2D eigenvalue weighted by molar-refractivity contribution is 9.10. The molecule has 0 bridgehead atoms. The number of amides is 1. The zero-order chi connectivity index (χ0) is 14.6. The first-order chi connectivity index (χ1) is 8.71. The molecule has 104 valence electrons. The van der Waals surface area contributed by atoms with Crippen LogP contribution in [-0.2, 0) is 4.79 Å². The summed E-state index contributed by atoms with van der Waals surface area (Å²) in [5.74, 6) is -1.05. The van der Waals surface area contributed by atoms with Gasteiger partial charge in [0, 0.05) is 22.0 Å². The van der Waals surface area contributed by atoms with Crippen molar-refractivity contribution in [3.05, 3.63) is 33.8 Å². The molecule has 1 rings (SSSR count). The Morgan fingerprint density at radius 1 is 1.37 bits per heavy atom. The Labute approximate surface area is 121 Å². The zero-order valence-corrected chi connectivity index (χ0v) is 12.9. The van der Waals surface area contributed by atoms with Crippen LogP contribution in [0, 0.1) is 6.92 Å². The molecule has 0 fully saturated rings. The summed E-state index contributed by atoms with van der Waals surface area (Å²) in [5.41, 5.74) is 0.928. The van der Waals surface area contributed by atoms with Crippen LogP contribution < -0.4 is 5.32 Å². The van der Waals surface area contributed by atoms with E-state index < -0.39 is 11.5 Å². The molecule has 19 heavy (non-hydrogen) atoms. The highest BCUT2D eigenvalue weighted by atomic mass is 79.9. The Balaban J connectivity index is 2.78. The van der Waals surface area contributed by atoms with Crippen LogP contribution in [0.1, 0.15) is 42.6 Å². The lowest BCUT2D eigenvalue weighted by Gasteiger charge is -2.26. The molecule has 0 saturated heterocycles. The quantitative estimate of drug-likeness (QED) is 0.873. The van der Waals surface area contributed by atoms with Crippen molar-refractivity contribution >= 4 is 27.8 Å². The van der Waals surface area contributed by atoms with Crippen LogP contribution in [0.5, 0.6) is 0 Å². The topological polar surface area (TPSA) is 66.4 Å². The van der Waals surface area contributed by atoms with E-state index in [2.05, 4.69) is 21.2 Å². The van der Waals surface area contributed by atoms with E-state index in [-0.39, 0.29) is 12.3 Å². The molecule has 0 atom stereocenters. The highest BCUT2D eigenvalue weighted by Gasteiger charge is 2.23. The van der Waals surface area contributed by atoms with Crippen LogP contribution in [0.2, 0.25) is 0 Å². The summed E-state index contributed by atoms with van der Waals surface area (Å²) in [7, 11) is 0. The Morgan fingerprint density at radius 3 is 2.58 bits per heavy atom. The normalized spacial score (nSPS) is 11.2. The van der Waals surface area contributed by atoms with Crippen LogP contribution in [0.15, 0.2) is 22.7 Å². The molecule has 1 aromatic carbocycles. The van der Waals surface area contributed by atoms with E-state index in [4.69, 9.17) is 5.11 Å². The Bertz CT molecular complexity index is 497. The van der Waals surface area contributed by atoms with Crippen molar-refractivity contribution in [1.29, 1.82) is 0 Å². The van der Waals surface area contributed by atoms with E-state index in [0.717, 1.165) is 10.0 Å². The van der Waals surface area contributed by atoms with E-state index in [0.29, 0.717) is 12.0 Å². The zero-order valence-electron chi connectivity index (χ0n) is 11.3. The predicted octanol–water partition coefficient (Wildman–Crippen LogP) is 3.13. The van der Waals surface area contributed by atoms with Crippen molar-refractivity contribution in [1.82, 2.24) is 5.32 Å². The first-order valence-electron chi connectivity index (χ1n) is 6.02. The van der Waals surface area contributed by atoms with Crippen LogP contribution in [0.3, 0.4) is 0 Å². The third-order valence-corrected chi connectivity index (χ3v) is 3.35. The molecular formula is C14H18BrNO3. The number of halogens is 1. The van der Waals surface area contributed by atoms with Gasteiger partial charge in [-0.25, -0.2) is 0 Å². The fraction of sp³-hybridized carbons (Fsp3) is 0.429. The average molecular weight is 328 g/mol. The molecule has 0 aromatic heterocycles. The Kier molecular flexibility index (Phi) is 5.11. The molecule has 0 aliphatic rings. The van der Waals surface area contributed by atoms with Crippen LogP contribution in [0.4, 0.5) is 0 Å². The van der Waals surface area contributed by atoms with Gasteiger partial charge in [-0.1, -0.05) is 22.0 Å². The summed E-state index contributed by atoms with van der Waals surface area (Å²) < 4.78 is 0.839. The number of hydrogen-bond donors (Lipinski definition) is 2. The lowest BCUT2D eigenvalue weighted by molar-refractivity contribution is -0.137. The summed E-state index contributed by atoms with van der Waals surface area (Å²) in [5, 5.41) is 11.6. The summed E-state index contributed by atoms with van der Waals surface area (Å²) in [6, 6.07) is 5.50. The van der Waals surface area contributed by atoms with Crippen molar-refractivity contribution in [3.8, 4) is 0 Å². The second-order valence-electron chi connectivity index (χ2n) is 5.19. The van der Waals surface area contributed by atoms with Gasteiger partial charge in [-0.2, -0.15) is 0 Å². The van der Waals surface area contributed by atoms with Crippen molar-refractivity contribution in [3.63, 3.8) is 0 Å². The number of aliphatic carboxylic acids is 1. The third-order valence-electron chi connectivity index (χ3n) is 2.86. The average Bonchev–Trinajstić information content (AvgIpc) is 2.29. The van der Waals surface area contributed by atoms with Gasteiger partial charge >= 0.3 is 5.97 Å². The fourth-order valence-corrected chi connectivity index (χ4v) is 2.06. The molecule has 0 spiro atoms. The molecule has 0 radical (unpaired) electrons. The molecule has 0 aliphatic heterocycles. The maximum atomic E-state index is 12.2. The van der Waals surface area contributed by atoms with Crippen LogP contribution >= 0.6 is 15.9 Å². The predicted molar refractivity (Wildman–Crippen MR) is 77.3 cm³/mol. The van der Waals surface area contributed by atoms with Crippen LogP contribution in [-0.4, -0.2) is 22.5 Å². The third kappa shape index (κ3) is 5.03. The van der Waals surface area contributed by atoms with Gasteiger partial charge in [0.2, 0.25) is 0 Å². The lowest BCUT2D eigenvalue weighted by Crippen LogP contribution is -2.43. The number of carbonyl (C=O) groups is 2. The van der Waals surface area contributed by atoms with Gasteiger partial charge in [-0.3, -0.25) is 9.59 Å². The fourth-order valence-electron chi connectivity index (χ4n) is 1.70. The smallest absolute Gasteiger partial charge is 0.303 e. The molecule has 1 aromatic rings. The molecule has 0 aliphatic carbocycles. The Hall–Kier alpha value is -1.36. The first kappa shape index (κ1) is 15.7. The van der Waals surface area contributed by atoms with Gasteiger partial charge in [0.05, 0.1) is 0 Å². The largest absolute Gasteiger partial charge is 0.481 e. The van der Waals surface area contributed by atoms with E-state index in [1.165, 1.54) is 0 Å². The SMILES string of the molecule is Cc1ccc(Br)cc1C(=O)NC(C)(C)CCC(=O)O. The lowest BCUT2D eigenvalue weighted by atomic mass is 9.97. The number of carboxylic acid groups (broad SMARTS) is 1. The number of benzene rings is 1. The van der Waals surface area contributed by atoms with Gasteiger partial charge in [0.1, 0.15) is 0 Å². The maximum absolute atomic E-state index is 12.2. The summed E-state index contributed by atoms with van der Waals surface area (Å²) in [6.07, 6.45) is 0.422. The van der Waals surface area contributed by atoms with Gasteiger partial charge in [-0.15, -0.1) is 0 Å². The van der Waals surface area contributed by atoms with E-state index >= 15 is 0 Å². The molecule has 0 heterocycles. The van der Waals surface area contributed by atoms with Crippen molar-refractivity contribution < 1.29 is 14.7 Å². The molecule has 4 nitrogen and oxygen atoms in total. The van der Waals surface area contributed by atoms with Crippen LogP contribution in [0.25, 0.3) is 0 Å². The van der Waals surface area contributed by atoms with E-state index in [1.54, 1.807) is 6.07 Å². The molecule has 1 amide bonds.